The van der Waals surface area contributed by atoms with Gasteiger partial charge >= 0.3 is 0 Å². The van der Waals surface area contributed by atoms with Gasteiger partial charge in [0.05, 0.1) is 28.9 Å². The van der Waals surface area contributed by atoms with E-state index in [2.05, 4.69) is 38.3 Å². The number of aliphatic hydroxyl groups is 1. The fraction of sp³-hybridized carbons (Fsp3) is 0.524. The van der Waals surface area contributed by atoms with E-state index in [9.17, 15) is 10.4 Å². The molecule has 1 saturated heterocycles. The standard InChI is InChI=1S/C21H29N9O/c1-12-7-6-8-30(12)19-14(9-22)16-17(23)25-20(26-18(16)28(19)5)24-15-10-29(27-13(15)2)11-21(3,4)31/h10,12,31H,6-8,11H2,1-5H3,(H3,23,24,25,26)/t12-/m1/s1. The number of nitrogens with two attached hydrogens (primary N) is 1. The van der Waals surface area contributed by atoms with Gasteiger partial charge < -0.3 is 25.6 Å². The van der Waals surface area contributed by atoms with Crippen LogP contribution in [-0.2, 0) is 13.6 Å². The van der Waals surface area contributed by atoms with Crippen LogP contribution in [0.15, 0.2) is 6.20 Å². The van der Waals surface area contributed by atoms with Gasteiger partial charge in [0.15, 0.2) is 0 Å². The minimum Gasteiger partial charge on any atom is -0.389 e. The maximum Gasteiger partial charge on any atom is 0.231 e. The molecule has 1 fully saturated rings. The molecule has 4 heterocycles. The normalized spacial score (nSPS) is 16.8. The Balaban J connectivity index is 1.75. The Morgan fingerprint density at radius 1 is 1.39 bits per heavy atom. The number of aromatic nitrogens is 5. The Morgan fingerprint density at radius 2 is 2.13 bits per heavy atom. The Labute approximate surface area is 181 Å². The van der Waals surface area contributed by atoms with Crippen molar-refractivity contribution in [3.8, 4) is 6.07 Å². The van der Waals surface area contributed by atoms with Gasteiger partial charge in [-0.25, -0.2) is 0 Å². The van der Waals surface area contributed by atoms with Gasteiger partial charge in [-0.05, 0) is 40.5 Å². The molecule has 0 spiro atoms. The lowest BCUT2D eigenvalue weighted by molar-refractivity contribution is 0.0577. The maximum atomic E-state index is 10.1. The summed E-state index contributed by atoms with van der Waals surface area (Å²) >= 11 is 0. The van der Waals surface area contributed by atoms with Gasteiger partial charge in [-0.2, -0.15) is 20.3 Å². The second-order valence-corrected chi connectivity index (χ2v) is 8.95. The summed E-state index contributed by atoms with van der Waals surface area (Å²) in [6.07, 6.45) is 3.99. The lowest BCUT2D eigenvalue weighted by Crippen LogP contribution is -2.28. The highest BCUT2D eigenvalue weighted by Crippen LogP contribution is 2.37. The third-order valence-electron chi connectivity index (χ3n) is 5.71. The van der Waals surface area contributed by atoms with Gasteiger partial charge in [-0.15, -0.1) is 0 Å². The lowest BCUT2D eigenvalue weighted by Gasteiger charge is -2.24. The van der Waals surface area contributed by atoms with Crippen LogP contribution in [0.25, 0.3) is 11.0 Å². The predicted octanol–water partition coefficient (Wildman–Crippen LogP) is 2.43. The molecule has 0 amide bonds. The van der Waals surface area contributed by atoms with Gasteiger partial charge in [0.25, 0.3) is 0 Å². The van der Waals surface area contributed by atoms with Crippen LogP contribution in [0, 0.1) is 18.3 Å². The molecule has 0 radical (unpaired) electrons. The second kappa shape index (κ2) is 7.42. The highest BCUT2D eigenvalue weighted by Gasteiger charge is 2.29. The van der Waals surface area contributed by atoms with E-state index >= 15 is 0 Å². The largest absolute Gasteiger partial charge is 0.389 e. The van der Waals surface area contributed by atoms with E-state index in [-0.39, 0.29) is 5.82 Å². The molecule has 10 heteroatoms. The van der Waals surface area contributed by atoms with Crippen LogP contribution in [0.3, 0.4) is 0 Å². The van der Waals surface area contributed by atoms with E-state index in [1.54, 1.807) is 24.7 Å². The fourth-order valence-corrected chi connectivity index (χ4v) is 4.31. The Hall–Kier alpha value is -3.32. The monoisotopic (exact) mass is 423 g/mol. The molecule has 0 aliphatic carbocycles. The first-order valence-electron chi connectivity index (χ1n) is 10.4. The van der Waals surface area contributed by atoms with Crippen molar-refractivity contribution in [1.82, 2.24) is 24.3 Å². The molecule has 0 bridgehead atoms. The summed E-state index contributed by atoms with van der Waals surface area (Å²) in [6, 6.07) is 2.67. The first kappa shape index (κ1) is 20.9. The number of anilines is 4. The molecule has 1 aliphatic rings. The van der Waals surface area contributed by atoms with Crippen molar-refractivity contribution in [1.29, 1.82) is 5.26 Å². The highest BCUT2D eigenvalue weighted by molar-refractivity contribution is 5.98. The summed E-state index contributed by atoms with van der Waals surface area (Å²) in [4.78, 5) is 11.3. The predicted molar refractivity (Wildman–Crippen MR) is 120 cm³/mol. The van der Waals surface area contributed by atoms with Crippen LogP contribution in [0.4, 0.5) is 23.3 Å². The third-order valence-corrected chi connectivity index (χ3v) is 5.71. The zero-order valence-corrected chi connectivity index (χ0v) is 18.6. The third kappa shape index (κ3) is 3.77. The summed E-state index contributed by atoms with van der Waals surface area (Å²) in [5.74, 6) is 1.44. The van der Waals surface area contributed by atoms with E-state index in [1.165, 1.54) is 0 Å². The van der Waals surface area contributed by atoms with Crippen molar-refractivity contribution >= 4 is 34.3 Å². The minimum absolute atomic E-state index is 0.263. The molecule has 0 saturated carbocycles. The van der Waals surface area contributed by atoms with Crippen molar-refractivity contribution in [2.75, 3.05) is 22.5 Å². The summed E-state index contributed by atoms with van der Waals surface area (Å²) in [5, 5.41) is 28.1. The van der Waals surface area contributed by atoms with Crippen molar-refractivity contribution in [3.63, 3.8) is 0 Å². The topological polar surface area (TPSA) is 134 Å². The summed E-state index contributed by atoms with van der Waals surface area (Å²) in [5.41, 5.74) is 8.03. The molecule has 4 rings (SSSR count). The number of nitriles is 1. The number of nitrogens with one attached hydrogen (secondary N) is 1. The Bertz CT molecular complexity index is 1180. The van der Waals surface area contributed by atoms with E-state index in [4.69, 9.17) is 5.73 Å². The van der Waals surface area contributed by atoms with Crippen molar-refractivity contribution < 1.29 is 5.11 Å². The molecule has 10 nitrogen and oxygen atoms in total. The fourth-order valence-electron chi connectivity index (χ4n) is 4.31. The van der Waals surface area contributed by atoms with Gasteiger partial charge in [0.2, 0.25) is 5.95 Å². The molecule has 3 aromatic heterocycles. The Morgan fingerprint density at radius 3 is 2.74 bits per heavy atom. The number of fused-ring (bicyclic) bond motifs is 1. The van der Waals surface area contributed by atoms with Gasteiger partial charge in [0.1, 0.15) is 28.9 Å². The van der Waals surface area contributed by atoms with E-state index in [1.807, 2.05) is 18.5 Å². The Kier molecular flexibility index (Phi) is 5.01. The summed E-state index contributed by atoms with van der Waals surface area (Å²) in [7, 11) is 1.91. The lowest BCUT2D eigenvalue weighted by atomic mass is 10.1. The van der Waals surface area contributed by atoms with Crippen LogP contribution >= 0.6 is 0 Å². The molecule has 164 valence electrons. The van der Waals surface area contributed by atoms with E-state index < -0.39 is 5.60 Å². The van der Waals surface area contributed by atoms with Crippen LogP contribution in [0.5, 0.6) is 0 Å². The summed E-state index contributed by atoms with van der Waals surface area (Å²) < 4.78 is 3.62. The molecular weight excluding hydrogens is 394 g/mol. The van der Waals surface area contributed by atoms with E-state index in [0.717, 1.165) is 36.6 Å². The molecule has 1 aliphatic heterocycles. The minimum atomic E-state index is -0.880. The van der Waals surface area contributed by atoms with Crippen LogP contribution in [0.1, 0.15) is 44.9 Å². The SMILES string of the molecule is Cc1nn(CC(C)(C)O)cc1Nc1nc(N)c2c(C#N)c(N3CCC[C@H]3C)n(C)c2n1. The molecule has 0 aromatic carbocycles. The molecule has 1 atom stereocenters. The molecule has 31 heavy (non-hydrogen) atoms. The van der Waals surface area contributed by atoms with Gasteiger partial charge in [-0.3, -0.25) is 4.68 Å². The number of nitrogen functional groups attached to an aromatic ring is 1. The van der Waals surface area contributed by atoms with Crippen LogP contribution < -0.4 is 16.0 Å². The number of hydrogen-bond acceptors (Lipinski definition) is 8. The number of rotatable bonds is 5. The zero-order valence-electron chi connectivity index (χ0n) is 18.6. The summed E-state index contributed by atoms with van der Waals surface area (Å²) in [6.45, 7) is 8.76. The maximum absolute atomic E-state index is 10.1. The average molecular weight is 424 g/mol. The van der Waals surface area contributed by atoms with Crippen molar-refractivity contribution in [2.24, 2.45) is 7.05 Å². The first-order chi connectivity index (χ1) is 14.6. The highest BCUT2D eigenvalue weighted by atomic mass is 16.3. The number of aryl methyl sites for hydroxylation is 2. The van der Waals surface area contributed by atoms with Crippen molar-refractivity contribution in [3.05, 3.63) is 17.5 Å². The van der Waals surface area contributed by atoms with Crippen molar-refractivity contribution in [2.45, 2.75) is 58.7 Å². The second-order valence-electron chi connectivity index (χ2n) is 8.95. The van der Waals surface area contributed by atoms with E-state index in [0.29, 0.717) is 35.1 Å². The molecule has 4 N–H and O–H groups in total. The molecule has 0 unspecified atom stereocenters. The smallest absolute Gasteiger partial charge is 0.231 e. The van der Waals surface area contributed by atoms with Crippen LogP contribution in [-0.4, -0.2) is 47.6 Å². The zero-order chi connectivity index (χ0) is 22.5. The van der Waals surface area contributed by atoms with Gasteiger partial charge in [-0.1, -0.05) is 0 Å². The quantitative estimate of drug-likeness (QED) is 0.570. The average Bonchev–Trinajstić information content (AvgIpc) is 3.30. The number of hydrogen-bond donors (Lipinski definition) is 3. The van der Waals surface area contributed by atoms with Crippen LogP contribution in [0.2, 0.25) is 0 Å². The molecular formula is C21H29N9O. The first-order valence-corrected chi connectivity index (χ1v) is 10.4. The number of nitrogens with zero attached hydrogens (tertiary/aromatic N) is 7. The molecule has 3 aromatic rings. The van der Waals surface area contributed by atoms with Gasteiger partial charge in [0, 0.05) is 25.8 Å².